The average Bonchev–Trinajstić information content (AvgIpc) is 3.11. The van der Waals surface area contributed by atoms with Crippen molar-refractivity contribution in [2.75, 3.05) is 32.7 Å². The van der Waals surface area contributed by atoms with Crippen molar-refractivity contribution in [2.24, 2.45) is 11.7 Å². The summed E-state index contributed by atoms with van der Waals surface area (Å²) in [4.78, 5) is 17.1. The molecule has 0 unspecified atom stereocenters. The van der Waals surface area contributed by atoms with E-state index in [1.54, 1.807) is 0 Å². The third-order valence-corrected chi connectivity index (χ3v) is 5.78. The summed E-state index contributed by atoms with van der Waals surface area (Å²) < 4.78 is 0. The molecule has 0 radical (unpaired) electrons. The molecule has 1 aliphatic carbocycles. The van der Waals surface area contributed by atoms with Gasteiger partial charge in [-0.05, 0) is 57.5 Å². The van der Waals surface area contributed by atoms with Crippen LogP contribution in [0.25, 0.3) is 0 Å². The quantitative estimate of drug-likeness (QED) is 0.862. The predicted molar refractivity (Wildman–Crippen MR) is 85.0 cm³/mol. The molecule has 2 aliphatic heterocycles. The van der Waals surface area contributed by atoms with E-state index in [2.05, 4.69) is 9.80 Å². The maximum Gasteiger partial charge on any atom is 0.224 e. The highest BCUT2D eigenvalue weighted by atomic mass is 16.2. The number of carbonyl (C=O) groups is 1. The molecule has 2 N–H and O–H groups in total. The number of amides is 1. The maximum atomic E-state index is 12.4. The summed E-state index contributed by atoms with van der Waals surface area (Å²) in [6.07, 6.45) is 10.1. The summed E-state index contributed by atoms with van der Waals surface area (Å²) >= 11 is 0. The van der Waals surface area contributed by atoms with Crippen LogP contribution in [0.1, 0.15) is 57.8 Å². The standard InChI is InChI=1S/C17H31N3O/c18-17(7-1-2-8-17)13-16(21)20-11-5-15(6-12-20)14-19-9-3-4-10-19/h15H,1-14,18H2. The molecule has 0 atom stereocenters. The van der Waals surface area contributed by atoms with E-state index < -0.39 is 0 Å². The van der Waals surface area contributed by atoms with Crippen molar-refractivity contribution in [3.05, 3.63) is 0 Å². The van der Waals surface area contributed by atoms with E-state index in [0.29, 0.717) is 12.3 Å². The molecule has 21 heavy (non-hydrogen) atoms. The number of nitrogens with zero attached hydrogens (tertiary/aromatic N) is 2. The first-order chi connectivity index (χ1) is 10.1. The second-order valence-electron chi connectivity index (χ2n) is 7.58. The van der Waals surface area contributed by atoms with Gasteiger partial charge in [-0.25, -0.2) is 0 Å². The molecule has 4 nitrogen and oxygen atoms in total. The van der Waals surface area contributed by atoms with Crippen LogP contribution in [0.15, 0.2) is 0 Å². The number of rotatable bonds is 4. The smallest absolute Gasteiger partial charge is 0.224 e. The molecule has 0 spiro atoms. The number of hydrogen-bond acceptors (Lipinski definition) is 3. The normalized spacial score (nSPS) is 27.4. The minimum absolute atomic E-state index is 0.191. The predicted octanol–water partition coefficient (Wildman–Crippen LogP) is 1.98. The van der Waals surface area contributed by atoms with E-state index in [4.69, 9.17) is 5.73 Å². The van der Waals surface area contributed by atoms with Crippen molar-refractivity contribution in [1.82, 2.24) is 9.80 Å². The van der Waals surface area contributed by atoms with Crippen molar-refractivity contribution in [3.63, 3.8) is 0 Å². The summed E-state index contributed by atoms with van der Waals surface area (Å²) in [6.45, 7) is 5.73. The van der Waals surface area contributed by atoms with Crippen LogP contribution in [0.5, 0.6) is 0 Å². The molecule has 0 aromatic carbocycles. The van der Waals surface area contributed by atoms with Crippen LogP contribution in [-0.4, -0.2) is 54.0 Å². The zero-order chi connectivity index (χ0) is 14.7. The first-order valence-corrected chi connectivity index (χ1v) is 8.94. The van der Waals surface area contributed by atoms with Crippen LogP contribution in [0, 0.1) is 5.92 Å². The average molecular weight is 293 g/mol. The Hall–Kier alpha value is -0.610. The van der Waals surface area contributed by atoms with Gasteiger partial charge in [0.1, 0.15) is 0 Å². The van der Waals surface area contributed by atoms with Gasteiger partial charge in [-0.2, -0.15) is 0 Å². The van der Waals surface area contributed by atoms with E-state index >= 15 is 0 Å². The lowest BCUT2D eigenvalue weighted by Crippen LogP contribution is -2.46. The van der Waals surface area contributed by atoms with Crippen molar-refractivity contribution in [1.29, 1.82) is 0 Å². The first kappa shape index (κ1) is 15.3. The van der Waals surface area contributed by atoms with Gasteiger partial charge in [0.2, 0.25) is 5.91 Å². The van der Waals surface area contributed by atoms with Crippen LogP contribution in [-0.2, 0) is 4.79 Å². The Morgan fingerprint density at radius 1 is 1.00 bits per heavy atom. The Kier molecular flexibility index (Phi) is 4.85. The molecule has 1 amide bonds. The van der Waals surface area contributed by atoms with Crippen molar-refractivity contribution < 1.29 is 4.79 Å². The first-order valence-electron chi connectivity index (χ1n) is 8.94. The summed E-state index contributed by atoms with van der Waals surface area (Å²) in [7, 11) is 0. The highest BCUT2D eigenvalue weighted by Gasteiger charge is 2.34. The summed E-state index contributed by atoms with van der Waals surface area (Å²) in [5, 5.41) is 0. The van der Waals surface area contributed by atoms with Crippen LogP contribution >= 0.6 is 0 Å². The highest BCUT2D eigenvalue weighted by Crippen LogP contribution is 2.31. The molecular formula is C17H31N3O. The minimum Gasteiger partial charge on any atom is -0.343 e. The van der Waals surface area contributed by atoms with Gasteiger partial charge in [0.05, 0.1) is 0 Å². The van der Waals surface area contributed by atoms with Gasteiger partial charge >= 0.3 is 0 Å². The van der Waals surface area contributed by atoms with E-state index in [0.717, 1.165) is 31.8 Å². The minimum atomic E-state index is -0.191. The molecule has 3 aliphatic rings. The Labute approximate surface area is 129 Å². The maximum absolute atomic E-state index is 12.4. The summed E-state index contributed by atoms with van der Waals surface area (Å²) in [5.41, 5.74) is 6.16. The molecule has 0 aromatic heterocycles. The number of hydrogen-bond donors (Lipinski definition) is 1. The second-order valence-corrected chi connectivity index (χ2v) is 7.58. The van der Waals surface area contributed by atoms with E-state index in [1.165, 1.54) is 58.2 Å². The molecular weight excluding hydrogens is 262 g/mol. The largest absolute Gasteiger partial charge is 0.343 e. The molecule has 2 saturated heterocycles. The lowest BCUT2D eigenvalue weighted by Gasteiger charge is -2.35. The third kappa shape index (κ3) is 3.98. The van der Waals surface area contributed by atoms with Crippen molar-refractivity contribution in [2.45, 2.75) is 63.3 Å². The van der Waals surface area contributed by atoms with Gasteiger partial charge in [0.15, 0.2) is 0 Å². The lowest BCUT2D eigenvalue weighted by atomic mass is 9.92. The monoisotopic (exact) mass is 293 g/mol. The highest BCUT2D eigenvalue weighted by molar-refractivity contribution is 5.77. The van der Waals surface area contributed by atoms with Gasteiger partial charge in [-0.1, -0.05) is 12.8 Å². The van der Waals surface area contributed by atoms with Gasteiger partial charge in [0.25, 0.3) is 0 Å². The fraction of sp³-hybridized carbons (Fsp3) is 0.941. The lowest BCUT2D eigenvalue weighted by molar-refractivity contribution is -0.133. The Balaban J connectivity index is 1.41. The molecule has 4 heteroatoms. The molecule has 3 fully saturated rings. The Bertz CT molecular complexity index is 351. The third-order valence-electron chi connectivity index (χ3n) is 5.78. The fourth-order valence-corrected chi connectivity index (χ4v) is 4.36. The molecule has 120 valence electrons. The van der Waals surface area contributed by atoms with Gasteiger partial charge in [-0.3, -0.25) is 4.79 Å². The number of piperidine rings is 1. The topological polar surface area (TPSA) is 49.6 Å². The molecule has 0 aromatic rings. The molecule has 1 saturated carbocycles. The van der Waals surface area contributed by atoms with Gasteiger partial charge in [-0.15, -0.1) is 0 Å². The Morgan fingerprint density at radius 2 is 1.62 bits per heavy atom. The Morgan fingerprint density at radius 3 is 2.24 bits per heavy atom. The number of likely N-dealkylation sites (tertiary alicyclic amines) is 2. The van der Waals surface area contributed by atoms with Crippen LogP contribution in [0.4, 0.5) is 0 Å². The molecule has 2 heterocycles. The molecule has 0 bridgehead atoms. The number of carbonyl (C=O) groups excluding carboxylic acids is 1. The van der Waals surface area contributed by atoms with Gasteiger partial charge < -0.3 is 15.5 Å². The van der Waals surface area contributed by atoms with E-state index in [1.807, 2.05) is 0 Å². The molecule has 3 rings (SSSR count). The van der Waals surface area contributed by atoms with E-state index in [9.17, 15) is 4.79 Å². The zero-order valence-corrected chi connectivity index (χ0v) is 13.4. The number of nitrogens with two attached hydrogens (primary N) is 1. The SMILES string of the molecule is NC1(CC(=O)N2CCC(CN3CCCC3)CC2)CCCC1. The van der Waals surface area contributed by atoms with Crippen molar-refractivity contribution >= 4 is 5.91 Å². The zero-order valence-electron chi connectivity index (χ0n) is 13.4. The van der Waals surface area contributed by atoms with Crippen LogP contribution in [0.2, 0.25) is 0 Å². The van der Waals surface area contributed by atoms with Crippen LogP contribution in [0.3, 0.4) is 0 Å². The van der Waals surface area contributed by atoms with Gasteiger partial charge in [0, 0.05) is 31.6 Å². The second kappa shape index (κ2) is 6.66. The summed E-state index contributed by atoms with van der Waals surface area (Å²) in [6, 6.07) is 0. The summed E-state index contributed by atoms with van der Waals surface area (Å²) in [5.74, 6) is 1.10. The van der Waals surface area contributed by atoms with Crippen molar-refractivity contribution in [3.8, 4) is 0 Å². The fourth-order valence-electron chi connectivity index (χ4n) is 4.36. The van der Waals surface area contributed by atoms with E-state index in [-0.39, 0.29) is 5.54 Å². The van der Waals surface area contributed by atoms with Crippen LogP contribution < -0.4 is 5.73 Å².